The van der Waals surface area contributed by atoms with Gasteiger partial charge in [0.2, 0.25) is 0 Å². The molecule has 1 aliphatic rings. The normalized spacial score (nSPS) is 13.4. The number of rotatable bonds is 6. The van der Waals surface area contributed by atoms with Crippen molar-refractivity contribution in [1.82, 2.24) is 10.2 Å². The molecule has 2 aromatic carbocycles. The van der Waals surface area contributed by atoms with Crippen molar-refractivity contribution in [2.75, 3.05) is 18.4 Å². The first-order valence-electron chi connectivity index (χ1n) is 10.7. The second-order valence-electron chi connectivity index (χ2n) is 7.71. The predicted molar refractivity (Wildman–Crippen MR) is 120 cm³/mol. The number of benzene rings is 2. The Labute approximate surface area is 186 Å². The van der Waals surface area contributed by atoms with Crippen molar-refractivity contribution < 1.29 is 18.8 Å². The second-order valence-corrected chi connectivity index (χ2v) is 7.71. The van der Waals surface area contributed by atoms with E-state index in [-0.39, 0.29) is 17.6 Å². The van der Waals surface area contributed by atoms with Gasteiger partial charge in [-0.2, -0.15) is 0 Å². The molecular formula is C25H25N3O4. The summed E-state index contributed by atoms with van der Waals surface area (Å²) in [7, 11) is 0. The molecule has 7 heteroatoms. The Morgan fingerprint density at radius 1 is 0.844 bits per heavy atom. The Morgan fingerprint density at radius 3 is 2.31 bits per heavy atom. The molecule has 7 nitrogen and oxygen atoms in total. The van der Waals surface area contributed by atoms with Gasteiger partial charge in [-0.15, -0.1) is 0 Å². The van der Waals surface area contributed by atoms with E-state index in [1.807, 2.05) is 17.0 Å². The van der Waals surface area contributed by atoms with Crippen LogP contribution in [0.2, 0.25) is 0 Å². The highest BCUT2D eigenvalue weighted by molar-refractivity contribution is 6.07. The van der Waals surface area contributed by atoms with E-state index in [1.54, 1.807) is 48.5 Å². The first-order valence-corrected chi connectivity index (χ1v) is 10.7. The molecule has 0 unspecified atom stereocenters. The fourth-order valence-electron chi connectivity index (χ4n) is 3.70. The Hall–Kier alpha value is -3.87. The van der Waals surface area contributed by atoms with Crippen LogP contribution in [0, 0.1) is 0 Å². The summed E-state index contributed by atoms with van der Waals surface area (Å²) in [5, 5.41) is 5.57. The SMILES string of the molecule is O=C(Nc1ccccc1C(=O)NCc1ccc(C(=O)N2CCCCC2)cc1)c1ccco1. The van der Waals surface area contributed by atoms with Gasteiger partial charge in [0.25, 0.3) is 17.7 Å². The van der Waals surface area contributed by atoms with Crippen LogP contribution >= 0.6 is 0 Å². The third kappa shape index (κ3) is 5.06. The van der Waals surface area contributed by atoms with Crippen LogP contribution in [-0.4, -0.2) is 35.7 Å². The summed E-state index contributed by atoms with van der Waals surface area (Å²) in [4.78, 5) is 39.5. The molecule has 4 rings (SSSR count). The molecule has 0 aliphatic carbocycles. The molecule has 3 aromatic rings. The molecule has 0 atom stereocenters. The van der Waals surface area contributed by atoms with Crippen molar-refractivity contribution in [2.45, 2.75) is 25.8 Å². The molecule has 0 spiro atoms. The summed E-state index contributed by atoms with van der Waals surface area (Å²) in [6.07, 6.45) is 4.70. The lowest BCUT2D eigenvalue weighted by atomic mass is 10.1. The van der Waals surface area contributed by atoms with Crippen LogP contribution < -0.4 is 10.6 Å². The molecule has 1 fully saturated rings. The predicted octanol–water partition coefficient (Wildman–Crippen LogP) is 4.09. The number of nitrogens with zero attached hydrogens (tertiary/aromatic N) is 1. The van der Waals surface area contributed by atoms with Crippen LogP contribution in [0.15, 0.2) is 71.3 Å². The number of furan rings is 1. The van der Waals surface area contributed by atoms with Gasteiger partial charge in [-0.25, -0.2) is 0 Å². The maximum Gasteiger partial charge on any atom is 0.291 e. The molecule has 3 amide bonds. The molecule has 2 heterocycles. The van der Waals surface area contributed by atoms with Crippen LogP contribution in [0.3, 0.4) is 0 Å². The van der Waals surface area contributed by atoms with E-state index in [2.05, 4.69) is 10.6 Å². The minimum atomic E-state index is -0.427. The Balaban J connectivity index is 1.36. The maximum atomic E-state index is 12.7. The number of likely N-dealkylation sites (tertiary alicyclic amines) is 1. The number of amides is 3. The Morgan fingerprint density at radius 2 is 1.59 bits per heavy atom. The Bertz CT molecular complexity index is 1080. The minimum absolute atomic E-state index is 0.0570. The lowest BCUT2D eigenvalue weighted by molar-refractivity contribution is 0.0724. The van der Waals surface area contributed by atoms with E-state index in [0.29, 0.717) is 23.4 Å². The van der Waals surface area contributed by atoms with Gasteiger partial charge in [0.05, 0.1) is 17.5 Å². The molecule has 164 valence electrons. The van der Waals surface area contributed by atoms with E-state index in [9.17, 15) is 14.4 Å². The van der Waals surface area contributed by atoms with E-state index < -0.39 is 5.91 Å². The molecule has 1 aromatic heterocycles. The smallest absolute Gasteiger partial charge is 0.291 e. The van der Waals surface area contributed by atoms with Crippen LogP contribution in [-0.2, 0) is 6.54 Å². The first kappa shape index (κ1) is 21.4. The van der Waals surface area contributed by atoms with Crippen molar-refractivity contribution in [3.63, 3.8) is 0 Å². The number of anilines is 1. The molecular weight excluding hydrogens is 406 g/mol. The van der Waals surface area contributed by atoms with Crippen molar-refractivity contribution in [3.8, 4) is 0 Å². The number of carbonyl (C=O) groups is 3. The third-order valence-corrected chi connectivity index (χ3v) is 5.46. The fraction of sp³-hybridized carbons (Fsp3) is 0.240. The molecule has 0 saturated carbocycles. The molecule has 1 aliphatic heterocycles. The zero-order valence-electron chi connectivity index (χ0n) is 17.7. The summed E-state index contributed by atoms with van der Waals surface area (Å²) in [5.41, 5.74) is 2.29. The summed E-state index contributed by atoms with van der Waals surface area (Å²) < 4.78 is 5.10. The van der Waals surface area contributed by atoms with Crippen LogP contribution in [0.5, 0.6) is 0 Å². The van der Waals surface area contributed by atoms with E-state index >= 15 is 0 Å². The summed E-state index contributed by atoms with van der Waals surface area (Å²) in [6, 6.07) is 17.3. The van der Waals surface area contributed by atoms with Crippen LogP contribution in [0.1, 0.15) is 56.1 Å². The average molecular weight is 431 g/mol. The van der Waals surface area contributed by atoms with Crippen LogP contribution in [0.4, 0.5) is 5.69 Å². The monoisotopic (exact) mass is 431 g/mol. The number of carbonyl (C=O) groups excluding carboxylic acids is 3. The van der Waals surface area contributed by atoms with Gasteiger partial charge in [0.1, 0.15) is 0 Å². The maximum absolute atomic E-state index is 12.7. The highest BCUT2D eigenvalue weighted by atomic mass is 16.3. The number of hydrogen-bond acceptors (Lipinski definition) is 4. The summed E-state index contributed by atoms with van der Waals surface area (Å²) in [5.74, 6) is -0.515. The second kappa shape index (κ2) is 9.96. The molecule has 0 bridgehead atoms. The zero-order valence-corrected chi connectivity index (χ0v) is 17.7. The molecule has 2 N–H and O–H groups in total. The van der Waals surface area contributed by atoms with Crippen molar-refractivity contribution >= 4 is 23.4 Å². The summed E-state index contributed by atoms with van der Waals surface area (Å²) >= 11 is 0. The number of nitrogens with one attached hydrogen (secondary N) is 2. The topological polar surface area (TPSA) is 91.7 Å². The first-order chi connectivity index (χ1) is 15.6. The summed E-state index contributed by atoms with van der Waals surface area (Å²) in [6.45, 7) is 1.93. The average Bonchev–Trinajstić information content (AvgIpc) is 3.39. The van der Waals surface area contributed by atoms with Gasteiger partial charge in [0, 0.05) is 25.2 Å². The van der Waals surface area contributed by atoms with E-state index in [4.69, 9.17) is 4.42 Å². The highest BCUT2D eigenvalue weighted by Gasteiger charge is 2.18. The van der Waals surface area contributed by atoms with Gasteiger partial charge in [-0.1, -0.05) is 24.3 Å². The van der Waals surface area contributed by atoms with Crippen molar-refractivity contribution in [2.24, 2.45) is 0 Å². The van der Waals surface area contributed by atoms with Gasteiger partial charge >= 0.3 is 0 Å². The lowest BCUT2D eigenvalue weighted by Gasteiger charge is -2.26. The number of piperidine rings is 1. The van der Waals surface area contributed by atoms with E-state index in [0.717, 1.165) is 31.5 Å². The molecule has 0 radical (unpaired) electrons. The molecule has 1 saturated heterocycles. The quantitative estimate of drug-likeness (QED) is 0.615. The highest BCUT2D eigenvalue weighted by Crippen LogP contribution is 2.17. The Kier molecular flexibility index (Phi) is 6.65. The van der Waals surface area contributed by atoms with Crippen LogP contribution in [0.25, 0.3) is 0 Å². The zero-order chi connectivity index (χ0) is 22.3. The lowest BCUT2D eigenvalue weighted by Crippen LogP contribution is -2.35. The van der Waals surface area contributed by atoms with Gasteiger partial charge in [-0.05, 0) is 61.2 Å². The van der Waals surface area contributed by atoms with Gasteiger partial charge in [0.15, 0.2) is 5.76 Å². The van der Waals surface area contributed by atoms with Crippen molar-refractivity contribution in [1.29, 1.82) is 0 Å². The number of hydrogen-bond donors (Lipinski definition) is 2. The van der Waals surface area contributed by atoms with Gasteiger partial charge in [-0.3, -0.25) is 14.4 Å². The van der Waals surface area contributed by atoms with E-state index in [1.165, 1.54) is 12.7 Å². The van der Waals surface area contributed by atoms with Crippen molar-refractivity contribution in [3.05, 3.63) is 89.4 Å². The van der Waals surface area contributed by atoms with Gasteiger partial charge < -0.3 is 20.0 Å². The largest absolute Gasteiger partial charge is 0.459 e. The molecule has 32 heavy (non-hydrogen) atoms. The minimum Gasteiger partial charge on any atom is -0.459 e. The fourth-order valence-corrected chi connectivity index (χ4v) is 3.70. The third-order valence-electron chi connectivity index (χ3n) is 5.46. The standard InChI is InChI=1S/C25H25N3O4/c29-23(20-7-2-3-8-21(20)27-24(30)22-9-6-16-32-22)26-17-18-10-12-19(13-11-18)25(31)28-14-4-1-5-15-28/h2-3,6-13,16H,1,4-5,14-15,17H2,(H,26,29)(H,27,30). The number of para-hydroxylation sites is 1.